The fourth-order valence-corrected chi connectivity index (χ4v) is 1.53. The van der Waals surface area contributed by atoms with E-state index in [1.165, 1.54) is 0 Å². The van der Waals surface area contributed by atoms with Crippen molar-refractivity contribution >= 4 is 11.7 Å². The molecule has 0 aliphatic heterocycles. The molecule has 0 saturated heterocycles. The van der Waals surface area contributed by atoms with Crippen LogP contribution in [0.5, 0.6) is 5.75 Å². The smallest absolute Gasteiger partial charge is 0.310 e. The van der Waals surface area contributed by atoms with Gasteiger partial charge in [-0.25, -0.2) is 0 Å². The molecular weight excluding hydrogens is 242 g/mol. The van der Waals surface area contributed by atoms with Gasteiger partial charge in [0.25, 0.3) is 0 Å². The molecule has 0 aliphatic carbocycles. The van der Waals surface area contributed by atoms with E-state index in [0.29, 0.717) is 13.2 Å². The molecule has 0 spiro atoms. The van der Waals surface area contributed by atoms with E-state index >= 15 is 0 Å². The van der Waals surface area contributed by atoms with Gasteiger partial charge in [-0.05, 0) is 37.6 Å². The molecule has 1 N–H and O–H groups in total. The standard InChI is InChI=1S/C15H23NO3/c1-4-10-19-14-8-6-13(7-9-14)16-11-12(3)15(17)18-5-2/h6-9,12,16H,4-5,10-11H2,1-3H3. The van der Waals surface area contributed by atoms with Crippen molar-refractivity contribution in [1.29, 1.82) is 0 Å². The number of hydrogen-bond donors (Lipinski definition) is 1. The second-order valence-electron chi connectivity index (χ2n) is 4.41. The van der Waals surface area contributed by atoms with Crippen LogP contribution in [-0.4, -0.2) is 25.7 Å². The van der Waals surface area contributed by atoms with Gasteiger partial charge in [-0.15, -0.1) is 0 Å². The first-order valence-corrected chi connectivity index (χ1v) is 6.80. The maximum Gasteiger partial charge on any atom is 0.310 e. The van der Waals surface area contributed by atoms with Crippen LogP contribution in [-0.2, 0) is 9.53 Å². The third kappa shape index (κ3) is 5.64. The van der Waals surface area contributed by atoms with Gasteiger partial charge in [0.1, 0.15) is 5.75 Å². The van der Waals surface area contributed by atoms with Crippen LogP contribution in [0.3, 0.4) is 0 Å². The third-order valence-corrected chi connectivity index (χ3v) is 2.63. The SMILES string of the molecule is CCCOc1ccc(NCC(C)C(=O)OCC)cc1. The van der Waals surface area contributed by atoms with Gasteiger partial charge in [0.05, 0.1) is 19.1 Å². The molecule has 106 valence electrons. The van der Waals surface area contributed by atoms with Gasteiger partial charge in [-0.2, -0.15) is 0 Å². The van der Waals surface area contributed by atoms with Crippen LogP contribution in [0.2, 0.25) is 0 Å². The number of esters is 1. The van der Waals surface area contributed by atoms with E-state index in [-0.39, 0.29) is 11.9 Å². The number of carbonyl (C=O) groups excluding carboxylic acids is 1. The van der Waals surface area contributed by atoms with E-state index in [0.717, 1.165) is 24.5 Å². The molecule has 1 aromatic carbocycles. The van der Waals surface area contributed by atoms with Crippen LogP contribution in [0.4, 0.5) is 5.69 Å². The molecule has 1 aromatic rings. The average Bonchev–Trinajstić information content (AvgIpc) is 2.43. The third-order valence-electron chi connectivity index (χ3n) is 2.63. The van der Waals surface area contributed by atoms with Gasteiger partial charge in [0, 0.05) is 12.2 Å². The molecule has 19 heavy (non-hydrogen) atoms. The summed E-state index contributed by atoms with van der Waals surface area (Å²) in [5.74, 6) is 0.541. The minimum Gasteiger partial charge on any atom is -0.494 e. The highest BCUT2D eigenvalue weighted by atomic mass is 16.5. The van der Waals surface area contributed by atoms with E-state index < -0.39 is 0 Å². The fourth-order valence-electron chi connectivity index (χ4n) is 1.53. The number of rotatable bonds is 8. The molecular formula is C15H23NO3. The lowest BCUT2D eigenvalue weighted by Gasteiger charge is -2.13. The number of anilines is 1. The first-order valence-electron chi connectivity index (χ1n) is 6.80. The topological polar surface area (TPSA) is 47.6 Å². The summed E-state index contributed by atoms with van der Waals surface area (Å²) in [6.45, 7) is 7.46. The highest BCUT2D eigenvalue weighted by molar-refractivity contribution is 5.72. The van der Waals surface area contributed by atoms with Crippen LogP contribution in [0.25, 0.3) is 0 Å². The summed E-state index contributed by atoms with van der Waals surface area (Å²) in [6.07, 6.45) is 0.997. The van der Waals surface area contributed by atoms with Crippen molar-refractivity contribution in [2.75, 3.05) is 25.1 Å². The molecule has 0 saturated carbocycles. The normalized spacial score (nSPS) is 11.7. The van der Waals surface area contributed by atoms with Crippen molar-refractivity contribution in [3.8, 4) is 5.75 Å². The monoisotopic (exact) mass is 265 g/mol. The Kier molecular flexibility index (Phi) is 6.79. The van der Waals surface area contributed by atoms with Crippen molar-refractivity contribution in [2.24, 2.45) is 5.92 Å². The summed E-state index contributed by atoms with van der Waals surface area (Å²) < 4.78 is 10.5. The van der Waals surface area contributed by atoms with E-state index in [1.807, 2.05) is 38.1 Å². The van der Waals surface area contributed by atoms with Gasteiger partial charge in [-0.1, -0.05) is 13.8 Å². The minimum atomic E-state index is -0.169. The number of carbonyl (C=O) groups is 1. The summed E-state index contributed by atoms with van der Waals surface area (Å²) in [7, 11) is 0. The van der Waals surface area contributed by atoms with Gasteiger partial charge < -0.3 is 14.8 Å². The summed E-state index contributed by atoms with van der Waals surface area (Å²) in [4.78, 5) is 11.5. The van der Waals surface area contributed by atoms with E-state index in [1.54, 1.807) is 0 Å². The van der Waals surface area contributed by atoms with Crippen molar-refractivity contribution < 1.29 is 14.3 Å². The van der Waals surface area contributed by atoms with E-state index in [9.17, 15) is 4.79 Å². The molecule has 0 heterocycles. The predicted octanol–water partition coefficient (Wildman–Crippen LogP) is 3.09. The number of ether oxygens (including phenoxy) is 2. The maximum atomic E-state index is 11.5. The average molecular weight is 265 g/mol. The lowest BCUT2D eigenvalue weighted by molar-refractivity contribution is -0.146. The molecule has 0 radical (unpaired) electrons. The zero-order chi connectivity index (χ0) is 14.1. The van der Waals surface area contributed by atoms with Crippen molar-refractivity contribution in [3.63, 3.8) is 0 Å². The summed E-state index contributed by atoms with van der Waals surface area (Å²) in [5, 5.41) is 3.21. The van der Waals surface area contributed by atoms with Crippen molar-refractivity contribution in [1.82, 2.24) is 0 Å². The van der Waals surface area contributed by atoms with Crippen LogP contribution < -0.4 is 10.1 Å². The minimum absolute atomic E-state index is 0.157. The van der Waals surface area contributed by atoms with E-state index in [4.69, 9.17) is 9.47 Å². The molecule has 0 bridgehead atoms. The molecule has 4 heteroatoms. The zero-order valence-corrected chi connectivity index (χ0v) is 11.9. The maximum absolute atomic E-state index is 11.5. The Labute approximate surface area is 115 Å². The lowest BCUT2D eigenvalue weighted by atomic mass is 10.2. The molecule has 0 amide bonds. The molecule has 1 atom stereocenters. The molecule has 1 unspecified atom stereocenters. The Morgan fingerprint density at radius 3 is 2.53 bits per heavy atom. The van der Waals surface area contributed by atoms with Crippen molar-refractivity contribution in [3.05, 3.63) is 24.3 Å². The highest BCUT2D eigenvalue weighted by Gasteiger charge is 2.13. The Bertz CT molecular complexity index is 375. The Morgan fingerprint density at radius 1 is 1.26 bits per heavy atom. The van der Waals surface area contributed by atoms with Crippen molar-refractivity contribution in [2.45, 2.75) is 27.2 Å². The molecule has 0 aliphatic rings. The largest absolute Gasteiger partial charge is 0.494 e. The predicted molar refractivity (Wildman–Crippen MR) is 76.5 cm³/mol. The van der Waals surface area contributed by atoms with Gasteiger partial charge >= 0.3 is 5.97 Å². The van der Waals surface area contributed by atoms with Crippen LogP contribution in [0, 0.1) is 5.92 Å². The summed E-state index contributed by atoms with van der Waals surface area (Å²) in [6, 6.07) is 7.74. The summed E-state index contributed by atoms with van der Waals surface area (Å²) >= 11 is 0. The second-order valence-corrected chi connectivity index (χ2v) is 4.41. The van der Waals surface area contributed by atoms with Crippen LogP contribution in [0.15, 0.2) is 24.3 Å². The first kappa shape index (κ1) is 15.3. The van der Waals surface area contributed by atoms with Gasteiger partial charge in [0.2, 0.25) is 0 Å². The first-order chi connectivity index (χ1) is 9.17. The second kappa shape index (κ2) is 8.40. The molecule has 1 rings (SSSR count). The molecule has 0 fully saturated rings. The van der Waals surface area contributed by atoms with Gasteiger partial charge in [-0.3, -0.25) is 4.79 Å². The number of nitrogens with one attached hydrogen (secondary N) is 1. The van der Waals surface area contributed by atoms with E-state index in [2.05, 4.69) is 12.2 Å². The molecule has 4 nitrogen and oxygen atoms in total. The zero-order valence-electron chi connectivity index (χ0n) is 11.9. The highest BCUT2D eigenvalue weighted by Crippen LogP contribution is 2.16. The molecule has 0 aromatic heterocycles. The lowest BCUT2D eigenvalue weighted by Crippen LogP contribution is -2.22. The quantitative estimate of drug-likeness (QED) is 0.734. The Balaban J connectivity index is 2.39. The number of hydrogen-bond acceptors (Lipinski definition) is 4. The van der Waals surface area contributed by atoms with Gasteiger partial charge in [0.15, 0.2) is 0 Å². The van der Waals surface area contributed by atoms with Crippen LogP contribution >= 0.6 is 0 Å². The number of benzene rings is 1. The summed E-state index contributed by atoms with van der Waals surface area (Å²) in [5.41, 5.74) is 0.972. The fraction of sp³-hybridized carbons (Fsp3) is 0.533. The Morgan fingerprint density at radius 2 is 1.95 bits per heavy atom. The van der Waals surface area contributed by atoms with Crippen LogP contribution in [0.1, 0.15) is 27.2 Å². The Hall–Kier alpha value is -1.71.